The number of amides is 1. The molecule has 172 valence electrons. The number of ether oxygens (including phenoxy) is 1. The van der Waals surface area contributed by atoms with Gasteiger partial charge in [0.15, 0.2) is 11.6 Å². The first-order valence-electron chi connectivity index (χ1n) is 11.6. The molecule has 2 heterocycles. The lowest BCUT2D eigenvalue weighted by atomic mass is 9.95. The SMILES string of the molecule is Cc1ccccc1CN1CCC(CN(C[C@@H]2CCCO2)C(=O)c2ccc(F)c(F)c2)CC1. The van der Waals surface area contributed by atoms with E-state index in [1.807, 2.05) is 0 Å². The Bertz CT molecular complexity index is 922. The molecule has 2 fully saturated rings. The number of hydrogen-bond donors (Lipinski definition) is 0. The minimum atomic E-state index is -0.988. The molecule has 1 atom stereocenters. The van der Waals surface area contributed by atoms with E-state index in [1.165, 1.54) is 17.2 Å². The standard InChI is InChI=1S/C26H32F2N2O2/c1-19-5-2-3-6-22(19)17-29-12-10-20(11-13-29)16-30(18-23-7-4-14-32-23)26(31)21-8-9-24(27)25(28)15-21/h2-3,5-6,8-9,15,20,23H,4,7,10-14,16-18H2,1H3/t23-/m0/s1. The van der Waals surface area contributed by atoms with Crippen molar-refractivity contribution in [3.63, 3.8) is 0 Å². The Hall–Kier alpha value is -2.31. The third-order valence-electron chi connectivity index (χ3n) is 6.74. The summed E-state index contributed by atoms with van der Waals surface area (Å²) in [7, 11) is 0. The summed E-state index contributed by atoms with van der Waals surface area (Å²) in [6, 6.07) is 11.9. The van der Waals surface area contributed by atoms with Crippen LogP contribution in [0.4, 0.5) is 8.78 Å². The Morgan fingerprint density at radius 2 is 1.84 bits per heavy atom. The van der Waals surface area contributed by atoms with Gasteiger partial charge in [-0.15, -0.1) is 0 Å². The van der Waals surface area contributed by atoms with Crippen LogP contribution in [0.15, 0.2) is 42.5 Å². The summed E-state index contributed by atoms with van der Waals surface area (Å²) < 4.78 is 32.9. The molecule has 2 aliphatic rings. The van der Waals surface area contributed by atoms with Gasteiger partial charge in [-0.25, -0.2) is 8.78 Å². The number of rotatable bonds is 7. The molecule has 0 unspecified atom stereocenters. The molecule has 2 aliphatic heterocycles. The lowest BCUT2D eigenvalue weighted by Crippen LogP contribution is -2.43. The van der Waals surface area contributed by atoms with Crippen molar-refractivity contribution in [2.75, 3.05) is 32.8 Å². The highest BCUT2D eigenvalue weighted by molar-refractivity contribution is 5.94. The van der Waals surface area contributed by atoms with Gasteiger partial charge in [-0.05, 0) is 80.9 Å². The molecule has 0 aliphatic carbocycles. The van der Waals surface area contributed by atoms with Crippen molar-refractivity contribution >= 4 is 5.91 Å². The van der Waals surface area contributed by atoms with Gasteiger partial charge in [0.1, 0.15) is 0 Å². The molecule has 1 amide bonds. The highest BCUT2D eigenvalue weighted by Gasteiger charge is 2.28. The van der Waals surface area contributed by atoms with Crippen molar-refractivity contribution in [1.82, 2.24) is 9.80 Å². The fraction of sp³-hybridized carbons (Fsp3) is 0.500. The van der Waals surface area contributed by atoms with Crippen LogP contribution in [0.5, 0.6) is 0 Å². The van der Waals surface area contributed by atoms with Crippen molar-refractivity contribution in [3.05, 3.63) is 70.8 Å². The maximum absolute atomic E-state index is 13.7. The van der Waals surface area contributed by atoms with Gasteiger partial charge >= 0.3 is 0 Å². The highest BCUT2D eigenvalue weighted by Crippen LogP contribution is 2.24. The lowest BCUT2D eigenvalue weighted by Gasteiger charge is -2.36. The van der Waals surface area contributed by atoms with E-state index in [-0.39, 0.29) is 17.6 Å². The number of piperidine rings is 1. The zero-order valence-corrected chi connectivity index (χ0v) is 18.7. The van der Waals surface area contributed by atoms with Crippen LogP contribution in [0, 0.1) is 24.5 Å². The second kappa shape index (κ2) is 10.5. The predicted molar refractivity (Wildman–Crippen MR) is 120 cm³/mol. The van der Waals surface area contributed by atoms with Gasteiger partial charge in [0.2, 0.25) is 0 Å². The summed E-state index contributed by atoms with van der Waals surface area (Å²) in [5.74, 6) is -1.79. The smallest absolute Gasteiger partial charge is 0.254 e. The average Bonchev–Trinajstić information content (AvgIpc) is 3.31. The number of likely N-dealkylation sites (tertiary alicyclic amines) is 1. The van der Waals surface area contributed by atoms with E-state index < -0.39 is 11.6 Å². The number of carbonyl (C=O) groups is 1. The number of benzene rings is 2. The van der Waals surface area contributed by atoms with Crippen molar-refractivity contribution in [2.24, 2.45) is 5.92 Å². The summed E-state index contributed by atoms with van der Waals surface area (Å²) in [6.07, 6.45) is 3.97. The van der Waals surface area contributed by atoms with E-state index >= 15 is 0 Å². The van der Waals surface area contributed by atoms with E-state index in [0.29, 0.717) is 19.0 Å². The average molecular weight is 443 g/mol. The molecule has 0 bridgehead atoms. The predicted octanol–water partition coefficient (Wildman–Crippen LogP) is 4.81. The largest absolute Gasteiger partial charge is 0.376 e. The molecule has 4 nitrogen and oxygen atoms in total. The summed E-state index contributed by atoms with van der Waals surface area (Å²) in [6.45, 7) is 6.92. The lowest BCUT2D eigenvalue weighted by molar-refractivity contribution is 0.0444. The molecule has 0 N–H and O–H groups in total. The third-order valence-corrected chi connectivity index (χ3v) is 6.74. The van der Waals surface area contributed by atoms with E-state index in [2.05, 4.69) is 36.1 Å². The molecule has 2 saturated heterocycles. The highest BCUT2D eigenvalue weighted by atomic mass is 19.2. The molecular formula is C26H32F2N2O2. The van der Waals surface area contributed by atoms with Gasteiger partial charge in [0.05, 0.1) is 6.10 Å². The van der Waals surface area contributed by atoms with Crippen LogP contribution >= 0.6 is 0 Å². The number of aryl methyl sites for hydroxylation is 1. The Balaban J connectivity index is 1.38. The summed E-state index contributed by atoms with van der Waals surface area (Å²) >= 11 is 0. The van der Waals surface area contributed by atoms with Crippen LogP contribution in [-0.2, 0) is 11.3 Å². The molecule has 2 aromatic carbocycles. The van der Waals surface area contributed by atoms with Gasteiger partial charge in [-0.2, -0.15) is 0 Å². The fourth-order valence-electron chi connectivity index (χ4n) is 4.75. The molecule has 0 radical (unpaired) electrons. The van der Waals surface area contributed by atoms with Crippen molar-refractivity contribution in [2.45, 2.75) is 45.3 Å². The first-order valence-corrected chi connectivity index (χ1v) is 11.6. The number of halogens is 2. The van der Waals surface area contributed by atoms with E-state index in [9.17, 15) is 13.6 Å². The summed E-state index contributed by atoms with van der Waals surface area (Å²) in [5, 5.41) is 0. The minimum Gasteiger partial charge on any atom is -0.376 e. The first kappa shape index (κ1) is 22.9. The quantitative estimate of drug-likeness (QED) is 0.617. The van der Waals surface area contributed by atoms with E-state index in [0.717, 1.165) is 64.1 Å². The molecule has 6 heteroatoms. The van der Waals surface area contributed by atoms with Gasteiger partial charge in [-0.3, -0.25) is 9.69 Å². The molecule has 4 rings (SSSR count). The van der Waals surface area contributed by atoms with Crippen LogP contribution in [0.3, 0.4) is 0 Å². The summed E-state index contributed by atoms with van der Waals surface area (Å²) in [4.78, 5) is 17.5. The first-order chi connectivity index (χ1) is 15.5. The van der Waals surface area contributed by atoms with E-state index in [4.69, 9.17) is 4.74 Å². The molecule has 32 heavy (non-hydrogen) atoms. The second-order valence-corrected chi connectivity index (χ2v) is 9.12. The van der Waals surface area contributed by atoms with Gasteiger partial charge in [0, 0.05) is 31.8 Å². The number of carbonyl (C=O) groups excluding carboxylic acids is 1. The Morgan fingerprint density at radius 1 is 1.06 bits per heavy atom. The van der Waals surface area contributed by atoms with Gasteiger partial charge in [-0.1, -0.05) is 24.3 Å². The Kier molecular flexibility index (Phi) is 7.53. The maximum Gasteiger partial charge on any atom is 0.254 e. The van der Waals surface area contributed by atoms with Crippen LogP contribution in [0.25, 0.3) is 0 Å². The number of nitrogens with zero attached hydrogens (tertiary/aromatic N) is 2. The minimum absolute atomic E-state index is 0.0189. The monoisotopic (exact) mass is 442 g/mol. The van der Waals surface area contributed by atoms with Crippen LogP contribution in [0.2, 0.25) is 0 Å². The summed E-state index contributed by atoms with van der Waals surface area (Å²) in [5.41, 5.74) is 2.87. The van der Waals surface area contributed by atoms with Crippen molar-refractivity contribution < 1.29 is 18.3 Å². The Morgan fingerprint density at radius 3 is 2.53 bits per heavy atom. The number of hydrogen-bond acceptors (Lipinski definition) is 3. The van der Waals surface area contributed by atoms with Crippen LogP contribution < -0.4 is 0 Å². The molecule has 0 spiro atoms. The van der Waals surface area contributed by atoms with Gasteiger partial charge in [0.25, 0.3) is 5.91 Å². The Labute approximate surface area is 189 Å². The molecular weight excluding hydrogens is 410 g/mol. The van der Waals surface area contributed by atoms with Crippen LogP contribution in [0.1, 0.15) is 47.2 Å². The normalized spacial score (nSPS) is 19.9. The second-order valence-electron chi connectivity index (χ2n) is 9.12. The van der Waals surface area contributed by atoms with Crippen molar-refractivity contribution in [3.8, 4) is 0 Å². The zero-order valence-electron chi connectivity index (χ0n) is 18.7. The van der Waals surface area contributed by atoms with Gasteiger partial charge < -0.3 is 9.64 Å². The molecule has 0 aromatic heterocycles. The van der Waals surface area contributed by atoms with Crippen molar-refractivity contribution in [1.29, 1.82) is 0 Å². The molecule has 0 saturated carbocycles. The zero-order chi connectivity index (χ0) is 22.5. The maximum atomic E-state index is 13.7. The topological polar surface area (TPSA) is 32.8 Å². The third kappa shape index (κ3) is 5.73. The fourth-order valence-corrected chi connectivity index (χ4v) is 4.75. The molecule has 2 aromatic rings. The van der Waals surface area contributed by atoms with Crippen LogP contribution in [-0.4, -0.2) is 54.6 Å². The van der Waals surface area contributed by atoms with E-state index in [1.54, 1.807) is 4.90 Å².